The number of hydrogen-bond acceptors (Lipinski definition) is 4. The van der Waals surface area contributed by atoms with E-state index in [1.165, 1.54) is 0 Å². The van der Waals surface area contributed by atoms with Crippen LogP contribution in [0.4, 0.5) is 0 Å². The van der Waals surface area contributed by atoms with Crippen molar-refractivity contribution in [1.29, 1.82) is 0 Å². The van der Waals surface area contributed by atoms with Crippen molar-refractivity contribution < 1.29 is 18.0 Å². The Bertz CT molecular complexity index is 794. The molecule has 0 bridgehead atoms. The molecule has 1 heterocycles. The van der Waals surface area contributed by atoms with Crippen molar-refractivity contribution in [3.63, 3.8) is 0 Å². The van der Waals surface area contributed by atoms with Crippen LogP contribution in [0.3, 0.4) is 0 Å². The third-order valence-electron chi connectivity index (χ3n) is 5.00. The second-order valence-corrected chi connectivity index (χ2v) is 10.4. The molecule has 1 saturated heterocycles. The molecule has 2 atom stereocenters. The minimum atomic E-state index is -3.07. The lowest BCUT2D eigenvalue weighted by molar-refractivity contribution is -0.134. The number of sulfone groups is 1. The lowest BCUT2D eigenvalue weighted by Crippen LogP contribution is -2.51. The molecule has 7 heteroatoms. The van der Waals surface area contributed by atoms with Gasteiger partial charge in [0.2, 0.25) is 5.91 Å². The Morgan fingerprint density at radius 3 is 2.26 bits per heavy atom. The Hall–Kier alpha value is -1.89. The van der Waals surface area contributed by atoms with E-state index in [1.807, 2.05) is 19.1 Å². The minimum absolute atomic E-state index is 0.00150. The number of amides is 2. The SMILES string of the molecule is CCN(C(=O)[C@H](C)NC(=O)c1ccc(C(C)(C)C)cc1)[C@@H]1CCS(=O)(=O)C1. The monoisotopic (exact) mass is 394 g/mol. The number of carbonyl (C=O) groups is 2. The Balaban J connectivity index is 2.03. The summed E-state index contributed by atoms with van der Waals surface area (Å²) >= 11 is 0. The number of nitrogens with one attached hydrogen (secondary N) is 1. The first kappa shape index (κ1) is 21.4. The maximum absolute atomic E-state index is 12.7. The zero-order valence-corrected chi connectivity index (χ0v) is 17.6. The molecule has 1 aromatic carbocycles. The number of nitrogens with zero attached hydrogens (tertiary/aromatic N) is 1. The molecule has 0 saturated carbocycles. The molecule has 6 nitrogen and oxygen atoms in total. The Labute approximate surface area is 162 Å². The fraction of sp³-hybridized carbons (Fsp3) is 0.600. The van der Waals surface area contributed by atoms with Gasteiger partial charge in [0.15, 0.2) is 9.84 Å². The van der Waals surface area contributed by atoms with Crippen LogP contribution >= 0.6 is 0 Å². The van der Waals surface area contributed by atoms with E-state index >= 15 is 0 Å². The highest BCUT2D eigenvalue weighted by Crippen LogP contribution is 2.22. The topological polar surface area (TPSA) is 83.6 Å². The molecule has 0 aliphatic carbocycles. The Kier molecular flexibility index (Phi) is 6.35. The van der Waals surface area contributed by atoms with Crippen LogP contribution in [0.25, 0.3) is 0 Å². The lowest BCUT2D eigenvalue weighted by atomic mass is 9.86. The average Bonchev–Trinajstić information content (AvgIpc) is 2.94. The second kappa shape index (κ2) is 8.00. The van der Waals surface area contributed by atoms with Gasteiger partial charge in [-0.25, -0.2) is 8.42 Å². The van der Waals surface area contributed by atoms with Gasteiger partial charge in [0, 0.05) is 18.2 Å². The third-order valence-corrected chi connectivity index (χ3v) is 6.75. The molecule has 27 heavy (non-hydrogen) atoms. The molecular formula is C20H30N2O4S. The van der Waals surface area contributed by atoms with Gasteiger partial charge >= 0.3 is 0 Å². The van der Waals surface area contributed by atoms with Crippen molar-refractivity contribution in [2.45, 2.75) is 58.5 Å². The van der Waals surface area contributed by atoms with Crippen LogP contribution in [-0.2, 0) is 20.0 Å². The van der Waals surface area contributed by atoms with E-state index in [-0.39, 0.29) is 34.8 Å². The predicted molar refractivity (Wildman–Crippen MR) is 107 cm³/mol. The number of carbonyl (C=O) groups excluding carboxylic acids is 2. The first-order chi connectivity index (χ1) is 12.4. The molecule has 0 aromatic heterocycles. The van der Waals surface area contributed by atoms with Crippen LogP contribution in [0.2, 0.25) is 0 Å². The number of rotatable bonds is 5. The number of hydrogen-bond donors (Lipinski definition) is 1. The molecule has 0 unspecified atom stereocenters. The highest BCUT2D eigenvalue weighted by Gasteiger charge is 2.35. The highest BCUT2D eigenvalue weighted by molar-refractivity contribution is 7.91. The van der Waals surface area contributed by atoms with Crippen molar-refractivity contribution in [3.8, 4) is 0 Å². The molecule has 2 rings (SSSR count). The second-order valence-electron chi connectivity index (χ2n) is 8.20. The van der Waals surface area contributed by atoms with E-state index in [1.54, 1.807) is 24.0 Å². The summed E-state index contributed by atoms with van der Waals surface area (Å²) in [5.74, 6) is -0.449. The van der Waals surface area contributed by atoms with Crippen molar-refractivity contribution in [2.75, 3.05) is 18.1 Å². The zero-order chi connectivity index (χ0) is 20.4. The summed E-state index contributed by atoms with van der Waals surface area (Å²) in [6, 6.07) is 6.33. The van der Waals surface area contributed by atoms with Gasteiger partial charge in [-0.1, -0.05) is 32.9 Å². The molecule has 1 aromatic rings. The standard InChI is InChI=1S/C20H30N2O4S/c1-6-22(17-11-12-27(25,26)13-17)19(24)14(2)21-18(23)15-7-9-16(10-8-15)20(3,4)5/h7-10,14,17H,6,11-13H2,1-5H3,(H,21,23)/t14-,17+/m0/s1. The number of benzene rings is 1. The zero-order valence-electron chi connectivity index (χ0n) is 16.8. The summed E-state index contributed by atoms with van der Waals surface area (Å²) in [6.45, 7) is 10.2. The molecule has 0 radical (unpaired) electrons. The smallest absolute Gasteiger partial charge is 0.251 e. The van der Waals surface area contributed by atoms with Crippen molar-refractivity contribution in [2.24, 2.45) is 0 Å². The fourth-order valence-electron chi connectivity index (χ4n) is 3.33. The minimum Gasteiger partial charge on any atom is -0.341 e. The van der Waals surface area contributed by atoms with E-state index in [9.17, 15) is 18.0 Å². The van der Waals surface area contributed by atoms with Gasteiger partial charge in [-0.2, -0.15) is 0 Å². The maximum Gasteiger partial charge on any atom is 0.251 e. The number of likely N-dealkylation sites (N-methyl/N-ethyl adjacent to an activating group) is 1. The first-order valence-electron chi connectivity index (χ1n) is 9.37. The van der Waals surface area contributed by atoms with Crippen LogP contribution < -0.4 is 5.32 Å². The van der Waals surface area contributed by atoms with Gasteiger partial charge in [0.05, 0.1) is 11.5 Å². The molecule has 150 valence electrons. The van der Waals surface area contributed by atoms with Crippen LogP contribution in [0.5, 0.6) is 0 Å². The van der Waals surface area contributed by atoms with Crippen molar-refractivity contribution in [3.05, 3.63) is 35.4 Å². The molecule has 1 aliphatic rings. The summed E-state index contributed by atoms with van der Waals surface area (Å²) in [4.78, 5) is 26.8. The molecule has 1 aliphatic heterocycles. The van der Waals surface area contributed by atoms with Crippen LogP contribution in [0.15, 0.2) is 24.3 Å². The normalized spacial score (nSPS) is 20.1. The Morgan fingerprint density at radius 2 is 1.81 bits per heavy atom. The summed E-state index contributed by atoms with van der Waals surface area (Å²) in [6.07, 6.45) is 0.455. The van der Waals surface area contributed by atoms with Crippen molar-refractivity contribution in [1.82, 2.24) is 10.2 Å². The van der Waals surface area contributed by atoms with Gasteiger partial charge in [-0.15, -0.1) is 0 Å². The van der Waals surface area contributed by atoms with Gasteiger partial charge in [0.1, 0.15) is 6.04 Å². The van der Waals surface area contributed by atoms with Gasteiger partial charge in [-0.3, -0.25) is 9.59 Å². The van der Waals surface area contributed by atoms with Crippen molar-refractivity contribution >= 4 is 21.7 Å². The fourth-order valence-corrected chi connectivity index (χ4v) is 5.06. The summed E-state index contributed by atoms with van der Waals surface area (Å²) < 4.78 is 23.4. The first-order valence-corrected chi connectivity index (χ1v) is 11.2. The lowest BCUT2D eigenvalue weighted by Gasteiger charge is -2.29. The quantitative estimate of drug-likeness (QED) is 0.829. The van der Waals surface area contributed by atoms with Gasteiger partial charge in [-0.05, 0) is 43.4 Å². The van der Waals surface area contributed by atoms with E-state index in [0.717, 1.165) is 5.56 Å². The van der Waals surface area contributed by atoms with Gasteiger partial charge in [0.25, 0.3) is 5.91 Å². The highest BCUT2D eigenvalue weighted by atomic mass is 32.2. The molecule has 2 amide bonds. The molecule has 0 spiro atoms. The molecule has 1 fully saturated rings. The third kappa shape index (κ3) is 5.31. The summed E-state index contributed by atoms with van der Waals surface area (Å²) in [7, 11) is -3.07. The molecular weight excluding hydrogens is 364 g/mol. The van der Waals surface area contributed by atoms with E-state index in [0.29, 0.717) is 18.5 Å². The summed E-state index contributed by atoms with van der Waals surface area (Å²) in [5.41, 5.74) is 1.62. The Morgan fingerprint density at radius 1 is 1.22 bits per heavy atom. The van der Waals surface area contributed by atoms with Crippen LogP contribution in [0, 0.1) is 0 Å². The molecule has 1 N–H and O–H groups in total. The van der Waals surface area contributed by atoms with Crippen LogP contribution in [0.1, 0.15) is 57.0 Å². The maximum atomic E-state index is 12.7. The van der Waals surface area contributed by atoms with E-state index in [4.69, 9.17) is 0 Å². The largest absolute Gasteiger partial charge is 0.341 e. The van der Waals surface area contributed by atoms with E-state index in [2.05, 4.69) is 26.1 Å². The summed E-state index contributed by atoms with van der Waals surface area (Å²) in [5, 5.41) is 2.73. The average molecular weight is 395 g/mol. The predicted octanol–water partition coefficient (Wildman–Crippen LogP) is 2.14. The van der Waals surface area contributed by atoms with E-state index < -0.39 is 15.9 Å². The van der Waals surface area contributed by atoms with Crippen LogP contribution in [-0.4, -0.2) is 55.3 Å². The van der Waals surface area contributed by atoms with Gasteiger partial charge < -0.3 is 10.2 Å².